The second-order valence-electron chi connectivity index (χ2n) is 6.45. The van der Waals surface area contributed by atoms with E-state index in [4.69, 9.17) is 0 Å². The Bertz CT molecular complexity index is 1110. The Kier molecular flexibility index (Phi) is 5.82. The lowest BCUT2D eigenvalue weighted by atomic mass is 10.1. The number of carbonyl (C=O) groups excluding carboxylic acids is 2. The van der Waals surface area contributed by atoms with Gasteiger partial charge in [-0.1, -0.05) is 12.1 Å². The Balaban J connectivity index is 1.80. The van der Waals surface area contributed by atoms with Gasteiger partial charge in [-0.3, -0.25) is 14.4 Å². The fourth-order valence-electron chi connectivity index (χ4n) is 2.74. The number of rotatable bonds is 5. The van der Waals surface area contributed by atoms with Crippen molar-refractivity contribution in [3.05, 3.63) is 88.1 Å². The summed E-state index contributed by atoms with van der Waals surface area (Å²) >= 11 is 0. The number of nitrogens with zero attached hydrogens (tertiary/aromatic N) is 2. The van der Waals surface area contributed by atoms with E-state index >= 15 is 0 Å². The fourth-order valence-corrected chi connectivity index (χ4v) is 2.74. The van der Waals surface area contributed by atoms with Crippen molar-refractivity contribution in [2.45, 2.75) is 19.9 Å². The molecule has 2 N–H and O–H groups in total. The third kappa shape index (κ3) is 4.92. The van der Waals surface area contributed by atoms with E-state index in [1.54, 1.807) is 25.1 Å². The van der Waals surface area contributed by atoms with E-state index in [1.807, 2.05) is 6.07 Å². The standard InChI is InChI=1S/C21H19FN4O3/c1-13(15-4-3-5-17(12-15)24-14(2)27)23-21(29)19-10-11-20(28)26(25-19)18-8-6-16(22)7-9-18/h3-13H,1-2H3,(H,23,29)(H,24,27). The summed E-state index contributed by atoms with van der Waals surface area (Å²) in [6, 6.07) is 14.5. The molecule has 1 aromatic heterocycles. The third-order valence-electron chi connectivity index (χ3n) is 4.16. The SMILES string of the molecule is CC(=O)Nc1cccc(C(C)NC(=O)c2ccc(=O)n(-c3ccc(F)cc3)n2)c1. The number of carbonyl (C=O) groups is 2. The van der Waals surface area contributed by atoms with E-state index < -0.39 is 17.3 Å². The van der Waals surface area contributed by atoms with Gasteiger partial charge in [0.25, 0.3) is 11.5 Å². The van der Waals surface area contributed by atoms with E-state index in [-0.39, 0.29) is 17.6 Å². The lowest BCUT2D eigenvalue weighted by Crippen LogP contribution is -2.30. The third-order valence-corrected chi connectivity index (χ3v) is 4.16. The first kappa shape index (κ1) is 19.9. The monoisotopic (exact) mass is 394 g/mol. The van der Waals surface area contributed by atoms with Crippen LogP contribution in [0, 0.1) is 5.82 Å². The molecular weight excluding hydrogens is 375 g/mol. The minimum atomic E-state index is -0.474. The molecule has 0 bridgehead atoms. The molecule has 3 rings (SSSR count). The van der Waals surface area contributed by atoms with Crippen LogP contribution in [0.3, 0.4) is 0 Å². The summed E-state index contributed by atoms with van der Waals surface area (Å²) in [6.07, 6.45) is 0. The molecule has 148 valence electrons. The summed E-state index contributed by atoms with van der Waals surface area (Å²) in [5, 5.41) is 9.59. The summed E-state index contributed by atoms with van der Waals surface area (Å²) in [5.41, 5.74) is 1.36. The molecule has 7 nitrogen and oxygen atoms in total. The Hall–Kier alpha value is -3.81. The Labute approximate surface area is 166 Å². The molecule has 0 aliphatic rings. The first-order chi connectivity index (χ1) is 13.8. The first-order valence-corrected chi connectivity index (χ1v) is 8.88. The molecule has 1 heterocycles. The number of hydrogen-bond donors (Lipinski definition) is 2. The highest BCUT2D eigenvalue weighted by Gasteiger charge is 2.15. The van der Waals surface area contributed by atoms with Crippen LogP contribution in [-0.4, -0.2) is 21.6 Å². The molecular formula is C21H19FN4O3. The summed E-state index contributed by atoms with van der Waals surface area (Å²) < 4.78 is 14.2. The molecule has 1 atom stereocenters. The van der Waals surface area contributed by atoms with Gasteiger partial charge in [0.1, 0.15) is 11.5 Å². The average molecular weight is 394 g/mol. The molecule has 8 heteroatoms. The molecule has 1 unspecified atom stereocenters. The van der Waals surface area contributed by atoms with Crippen LogP contribution in [0.25, 0.3) is 5.69 Å². The maximum Gasteiger partial charge on any atom is 0.272 e. The average Bonchev–Trinajstić information content (AvgIpc) is 2.68. The number of amides is 2. The van der Waals surface area contributed by atoms with Gasteiger partial charge in [-0.25, -0.2) is 4.39 Å². The highest BCUT2D eigenvalue weighted by molar-refractivity contribution is 5.92. The zero-order chi connectivity index (χ0) is 21.0. The van der Waals surface area contributed by atoms with Crippen molar-refractivity contribution < 1.29 is 14.0 Å². The van der Waals surface area contributed by atoms with Crippen LogP contribution >= 0.6 is 0 Å². The lowest BCUT2D eigenvalue weighted by molar-refractivity contribution is -0.114. The Morgan fingerprint density at radius 3 is 2.48 bits per heavy atom. The Morgan fingerprint density at radius 1 is 1.07 bits per heavy atom. The molecule has 0 saturated heterocycles. The molecule has 29 heavy (non-hydrogen) atoms. The first-order valence-electron chi connectivity index (χ1n) is 8.88. The van der Waals surface area contributed by atoms with Crippen molar-refractivity contribution in [2.24, 2.45) is 0 Å². The van der Waals surface area contributed by atoms with Gasteiger partial charge in [-0.2, -0.15) is 9.78 Å². The maximum absolute atomic E-state index is 13.1. The fraction of sp³-hybridized carbons (Fsp3) is 0.143. The minimum Gasteiger partial charge on any atom is -0.344 e. The smallest absolute Gasteiger partial charge is 0.272 e. The van der Waals surface area contributed by atoms with Crippen LogP contribution in [-0.2, 0) is 4.79 Å². The van der Waals surface area contributed by atoms with E-state index in [2.05, 4.69) is 15.7 Å². The summed E-state index contributed by atoms with van der Waals surface area (Å²) in [6.45, 7) is 3.21. The van der Waals surface area contributed by atoms with Crippen LogP contribution in [0.1, 0.15) is 35.9 Å². The highest BCUT2D eigenvalue weighted by atomic mass is 19.1. The van der Waals surface area contributed by atoms with Crippen molar-refractivity contribution in [1.82, 2.24) is 15.1 Å². The molecule has 3 aromatic rings. The zero-order valence-electron chi connectivity index (χ0n) is 15.8. The second kappa shape index (κ2) is 8.47. The van der Waals surface area contributed by atoms with E-state index in [1.165, 1.54) is 43.3 Å². The molecule has 0 aliphatic carbocycles. The van der Waals surface area contributed by atoms with Gasteiger partial charge in [0.15, 0.2) is 0 Å². The lowest BCUT2D eigenvalue weighted by Gasteiger charge is -2.15. The van der Waals surface area contributed by atoms with Crippen LogP contribution in [0.2, 0.25) is 0 Å². The van der Waals surface area contributed by atoms with E-state index in [0.717, 1.165) is 10.2 Å². The van der Waals surface area contributed by atoms with Crippen LogP contribution in [0.15, 0.2) is 65.5 Å². The predicted octanol–water partition coefficient (Wildman–Crippen LogP) is 2.82. The van der Waals surface area contributed by atoms with Gasteiger partial charge >= 0.3 is 0 Å². The number of benzene rings is 2. The largest absolute Gasteiger partial charge is 0.344 e. The minimum absolute atomic E-state index is 0.0405. The number of aromatic nitrogens is 2. The van der Waals surface area contributed by atoms with Gasteiger partial charge < -0.3 is 10.6 Å². The number of hydrogen-bond acceptors (Lipinski definition) is 4. The summed E-state index contributed by atoms with van der Waals surface area (Å²) in [4.78, 5) is 35.9. The van der Waals surface area contributed by atoms with E-state index in [0.29, 0.717) is 11.4 Å². The Morgan fingerprint density at radius 2 is 1.79 bits per heavy atom. The summed E-state index contributed by atoms with van der Waals surface area (Å²) in [7, 11) is 0. The van der Waals surface area contributed by atoms with Crippen molar-refractivity contribution in [3.8, 4) is 5.69 Å². The molecule has 0 radical (unpaired) electrons. The molecule has 0 spiro atoms. The van der Waals surface area contributed by atoms with Crippen molar-refractivity contribution >= 4 is 17.5 Å². The van der Waals surface area contributed by atoms with Gasteiger partial charge in [-0.05, 0) is 55.0 Å². The van der Waals surface area contributed by atoms with Crippen molar-refractivity contribution in [2.75, 3.05) is 5.32 Å². The van der Waals surface area contributed by atoms with Crippen LogP contribution in [0.4, 0.5) is 10.1 Å². The van der Waals surface area contributed by atoms with Crippen LogP contribution < -0.4 is 16.2 Å². The molecule has 0 aliphatic heterocycles. The van der Waals surface area contributed by atoms with Gasteiger partial charge in [0.05, 0.1) is 11.7 Å². The molecule has 0 fully saturated rings. The predicted molar refractivity (Wildman–Crippen MR) is 106 cm³/mol. The number of nitrogens with one attached hydrogen (secondary N) is 2. The van der Waals surface area contributed by atoms with Gasteiger partial charge in [-0.15, -0.1) is 0 Å². The molecule has 0 saturated carbocycles. The molecule has 2 amide bonds. The maximum atomic E-state index is 13.1. The van der Waals surface area contributed by atoms with E-state index in [9.17, 15) is 18.8 Å². The number of halogens is 1. The van der Waals surface area contributed by atoms with Gasteiger partial charge in [0.2, 0.25) is 5.91 Å². The quantitative estimate of drug-likeness (QED) is 0.696. The van der Waals surface area contributed by atoms with Crippen molar-refractivity contribution in [1.29, 1.82) is 0 Å². The van der Waals surface area contributed by atoms with Crippen LogP contribution in [0.5, 0.6) is 0 Å². The summed E-state index contributed by atoms with van der Waals surface area (Å²) in [5.74, 6) is -1.10. The highest BCUT2D eigenvalue weighted by Crippen LogP contribution is 2.18. The normalized spacial score (nSPS) is 11.6. The zero-order valence-corrected chi connectivity index (χ0v) is 15.8. The molecule has 2 aromatic carbocycles. The second-order valence-corrected chi connectivity index (χ2v) is 6.45. The van der Waals surface area contributed by atoms with Gasteiger partial charge in [0, 0.05) is 18.7 Å². The topological polar surface area (TPSA) is 93.1 Å². The number of anilines is 1. The van der Waals surface area contributed by atoms with Crippen molar-refractivity contribution in [3.63, 3.8) is 0 Å².